The van der Waals surface area contributed by atoms with E-state index in [9.17, 15) is 5.11 Å². The van der Waals surface area contributed by atoms with Gasteiger partial charge in [0, 0.05) is 12.0 Å². The molecule has 2 aliphatic rings. The van der Waals surface area contributed by atoms with Crippen LogP contribution in [0.5, 0.6) is 5.75 Å². The van der Waals surface area contributed by atoms with Crippen molar-refractivity contribution in [1.29, 1.82) is 0 Å². The molecule has 1 N–H and O–H groups in total. The van der Waals surface area contributed by atoms with Gasteiger partial charge in [-0.05, 0) is 48.9 Å². The quantitative estimate of drug-likeness (QED) is 0.702. The maximum absolute atomic E-state index is 9.86. The van der Waals surface area contributed by atoms with E-state index in [1.807, 2.05) is 12.1 Å². The van der Waals surface area contributed by atoms with Crippen molar-refractivity contribution in [3.05, 3.63) is 28.8 Å². The number of phenolic OH excluding ortho intramolecular Hbond substituents is 1. The third kappa shape index (κ3) is 1.14. The molecule has 1 atom stereocenters. The van der Waals surface area contributed by atoms with Gasteiger partial charge in [-0.25, -0.2) is 0 Å². The molecule has 0 radical (unpaired) electrons. The van der Waals surface area contributed by atoms with Crippen molar-refractivity contribution in [2.45, 2.75) is 31.6 Å². The molecule has 1 spiro atoms. The van der Waals surface area contributed by atoms with Crippen LogP contribution in [0.4, 0.5) is 0 Å². The number of aromatic hydroxyl groups is 1. The van der Waals surface area contributed by atoms with Crippen LogP contribution in [0.2, 0.25) is 0 Å². The molecule has 2 heteroatoms. The zero-order valence-corrected chi connectivity index (χ0v) is 9.05. The summed E-state index contributed by atoms with van der Waals surface area (Å²) in [4.78, 5) is 0. The summed E-state index contributed by atoms with van der Waals surface area (Å²) in [5.74, 6) is 0.472. The number of aryl methyl sites for hydroxylation is 1. The van der Waals surface area contributed by atoms with Gasteiger partial charge in [0.1, 0.15) is 5.75 Å². The second-order valence-electron chi connectivity index (χ2n) is 4.84. The van der Waals surface area contributed by atoms with E-state index in [0.29, 0.717) is 5.75 Å². The maximum Gasteiger partial charge on any atom is 0.119 e. The molecule has 0 aromatic heterocycles. The van der Waals surface area contributed by atoms with Crippen molar-refractivity contribution in [3.8, 4) is 5.75 Å². The molecule has 1 aliphatic heterocycles. The van der Waals surface area contributed by atoms with Gasteiger partial charge in [0.2, 0.25) is 0 Å². The predicted molar refractivity (Wildman–Crippen MR) is 58.3 cm³/mol. The van der Waals surface area contributed by atoms with Gasteiger partial charge in [-0.3, -0.25) is 0 Å². The number of hydrogen-bond donors (Lipinski definition) is 1. The standard InChI is InChI=1S/C13H16O2/c1-9-2-3-11(14)10-4-5-13(12(9)10)6-7-15-8-13/h2-3,14H,4-8H2,1H3. The maximum atomic E-state index is 9.86. The summed E-state index contributed by atoms with van der Waals surface area (Å²) >= 11 is 0. The SMILES string of the molecule is Cc1ccc(O)c2c1C1(CCOC1)CC2. The summed E-state index contributed by atoms with van der Waals surface area (Å²) in [5.41, 5.74) is 4.07. The van der Waals surface area contributed by atoms with Crippen LogP contribution in [0.1, 0.15) is 29.5 Å². The number of fused-ring (bicyclic) bond motifs is 2. The highest BCUT2D eigenvalue weighted by molar-refractivity contribution is 5.52. The fourth-order valence-electron chi connectivity index (χ4n) is 3.24. The van der Waals surface area contributed by atoms with Crippen LogP contribution in [0.25, 0.3) is 0 Å². The highest BCUT2D eigenvalue weighted by Gasteiger charge is 2.43. The lowest BCUT2D eigenvalue weighted by molar-refractivity contribution is 0.177. The van der Waals surface area contributed by atoms with Crippen LogP contribution in [0.15, 0.2) is 12.1 Å². The Morgan fingerprint density at radius 2 is 2.20 bits per heavy atom. The predicted octanol–water partition coefficient (Wildman–Crippen LogP) is 2.30. The van der Waals surface area contributed by atoms with Gasteiger partial charge in [-0.2, -0.15) is 0 Å². The van der Waals surface area contributed by atoms with Crippen LogP contribution in [-0.4, -0.2) is 18.3 Å². The summed E-state index contributed by atoms with van der Waals surface area (Å²) in [6.07, 6.45) is 3.26. The van der Waals surface area contributed by atoms with Gasteiger partial charge in [0.25, 0.3) is 0 Å². The Labute approximate surface area is 89.9 Å². The van der Waals surface area contributed by atoms with Crippen molar-refractivity contribution in [2.75, 3.05) is 13.2 Å². The molecule has 1 heterocycles. The fourth-order valence-corrected chi connectivity index (χ4v) is 3.24. The molecule has 2 nitrogen and oxygen atoms in total. The van der Waals surface area contributed by atoms with Crippen molar-refractivity contribution >= 4 is 0 Å². The molecule has 1 aliphatic carbocycles. The first-order valence-corrected chi connectivity index (χ1v) is 5.63. The summed E-state index contributed by atoms with van der Waals surface area (Å²) in [5, 5.41) is 9.86. The molecule has 3 rings (SSSR count). The second-order valence-corrected chi connectivity index (χ2v) is 4.84. The minimum Gasteiger partial charge on any atom is -0.508 e. The molecule has 1 unspecified atom stereocenters. The highest BCUT2D eigenvalue weighted by atomic mass is 16.5. The smallest absolute Gasteiger partial charge is 0.119 e. The van der Waals surface area contributed by atoms with Crippen LogP contribution in [0, 0.1) is 6.92 Å². The minimum atomic E-state index is 0.220. The zero-order chi connectivity index (χ0) is 10.5. The molecule has 1 saturated heterocycles. The first kappa shape index (κ1) is 9.22. The molecule has 0 amide bonds. The van der Waals surface area contributed by atoms with E-state index in [1.165, 1.54) is 16.7 Å². The van der Waals surface area contributed by atoms with Gasteiger partial charge >= 0.3 is 0 Å². The van der Waals surface area contributed by atoms with Crippen molar-refractivity contribution in [2.24, 2.45) is 0 Å². The van der Waals surface area contributed by atoms with E-state index in [1.54, 1.807) is 0 Å². The minimum absolute atomic E-state index is 0.220. The Morgan fingerprint density at radius 3 is 2.93 bits per heavy atom. The van der Waals surface area contributed by atoms with Gasteiger partial charge in [0.15, 0.2) is 0 Å². The normalized spacial score (nSPS) is 28.6. The molecule has 0 saturated carbocycles. The van der Waals surface area contributed by atoms with Crippen molar-refractivity contribution in [1.82, 2.24) is 0 Å². The Morgan fingerprint density at radius 1 is 1.33 bits per heavy atom. The number of benzene rings is 1. The van der Waals surface area contributed by atoms with E-state index in [2.05, 4.69) is 6.92 Å². The fraction of sp³-hybridized carbons (Fsp3) is 0.538. The second kappa shape index (κ2) is 2.99. The van der Waals surface area contributed by atoms with E-state index in [-0.39, 0.29) is 5.41 Å². The number of phenols is 1. The van der Waals surface area contributed by atoms with Gasteiger partial charge < -0.3 is 9.84 Å². The molecule has 80 valence electrons. The average molecular weight is 204 g/mol. The van der Waals surface area contributed by atoms with Crippen LogP contribution in [0.3, 0.4) is 0 Å². The van der Waals surface area contributed by atoms with Gasteiger partial charge in [-0.15, -0.1) is 0 Å². The molecule has 1 aromatic carbocycles. The summed E-state index contributed by atoms with van der Waals surface area (Å²) in [6, 6.07) is 3.85. The Balaban J connectivity index is 2.20. The molecular formula is C13H16O2. The Hall–Kier alpha value is -1.02. The van der Waals surface area contributed by atoms with E-state index in [0.717, 1.165) is 32.5 Å². The molecule has 1 fully saturated rings. The highest BCUT2D eigenvalue weighted by Crippen LogP contribution is 2.48. The van der Waals surface area contributed by atoms with Crippen molar-refractivity contribution < 1.29 is 9.84 Å². The summed E-state index contributed by atoms with van der Waals surface area (Å²) in [7, 11) is 0. The van der Waals surface area contributed by atoms with Gasteiger partial charge in [-0.1, -0.05) is 6.07 Å². The Bertz CT molecular complexity index is 403. The lowest BCUT2D eigenvalue weighted by atomic mass is 9.79. The molecule has 15 heavy (non-hydrogen) atoms. The van der Waals surface area contributed by atoms with Crippen LogP contribution < -0.4 is 0 Å². The van der Waals surface area contributed by atoms with Crippen LogP contribution in [-0.2, 0) is 16.6 Å². The first-order valence-electron chi connectivity index (χ1n) is 5.63. The summed E-state index contributed by atoms with van der Waals surface area (Å²) < 4.78 is 5.55. The third-order valence-electron chi connectivity index (χ3n) is 3.98. The summed E-state index contributed by atoms with van der Waals surface area (Å²) in [6.45, 7) is 3.85. The molecule has 0 bridgehead atoms. The largest absolute Gasteiger partial charge is 0.508 e. The van der Waals surface area contributed by atoms with Gasteiger partial charge in [0.05, 0.1) is 6.61 Å². The zero-order valence-electron chi connectivity index (χ0n) is 9.05. The average Bonchev–Trinajstić information content (AvgIpc) is 2.83. The number of hydrogen-bond acceptors (Lipinski definition) is 2. The van der Waals surface area contributed by atoms with Crippen LogP contribution >= 0.6 is 0 Å². The van der Waals surface area contributed by atoms with Crippen molar-refractivity contribution in [3.63, 3.8) is 0 Å². The Kier molecular flexibility index (Phi) is 1.84. The monoisotopic (exact) mass is 204 g/mol. The molecule has 1 aromatic rings. The first-order chi connectivity index (χ1) is 7.23. The van der Waals surface area contributed by atoms with E-state index < -0.39 is 0 Å². The molecular weight excluding hydrogens is 188 g/mol. The van der Waals surface area contributed by atoms with E-state index >= 15 is 0 Å². The third-order valence-corrected chi connectivity index (χ3v) is 3.98. The topological polar surface area (TPSA) is 29.5 Å². The number of rotatable bonds is 0. The number of ether oxygens (including phenoxy) is 1. The lowest BCUT2D eigenvalue weighted by Crippen LogP contribution is -2.23. The van der Waals surface area contributed by atoms with E-state index in [4.69, 9.17) is 4.74 Å². The lowest BCUT2D eigenvalue weighted by Gasteiger charge is -2.24.